The van der Waals surface area contributed by atoms with Gasteiger partial charge in [-0.25, -0.2) is 4.79 Å². The minimum atomic E-state index is -0.389. The van der Waals surface area contributed by atoms with E-state index in [1.807, 2.05) is 0 Å². The van der Waals surface area contributed by atoms with Gasteiger partial charge in [-0.15, -0.1) is 0 Å². The number of carbonyl (C=O) groups is 1. The van der Waals surface area contributed by atoms with Crippen LogP contribution in [0.25, 0.3) is 0 Å². The molecule has 1 unspecified atom stereocenters. The molecule has 1 aliphatic rings. The van der Waals surface area contributed by atoms with E-state index in [1.54, 1.807) is 38.3 Å². The minimum Gasteiger partial charge on any atom is -0.489 e. The van der Waals surface area contributed by atoms with E-state index < -0.39 is 0 Å². The third-order valence-corrected chi connectivity index (χ3v) is 3.43. The molecular weight excluding hydrogens is 258 g/mol. The highest BCUT2D eigenvalue weighted by molar-refractivity contribution is 5.89. The van der Waals surface area contributed by atoms with E-state index in [-0.39, 0.29) is 11.7 Å². The van der Waals surface area contributed by atoms with Gasteiger partial charge in [0, 0.05) is 7.11 Å². The molecule has 1 atom stereocenters. The number of hydrogen-bond acceptors (Lipinski definition) is 5. The summed E-state index contributed by atoms with van der Waals surface area (Å²) in [4.78, 5) is 11.5. The smallest absolute Gasteiger partial charge is 0.338 e. The zero-order valence-electron chi connectivity index (χ0n) is 12.0. The second-order valence-corrected chi connectivity index (χ2v) is 4.76. The lowest BCUT2D eigenvalue weighted by Crippen LogP contribution is -2.47. The Morgan fingerprint density at radius 3 is 2.65 bits per heavy atom. The van der Waals surface area contributed by atoms with Gasteiger partial charge >= 0.3 is 5.97 Å². The third-order valence-electron chi connectivity index (χ3n) is 3.43. The highest BCUT2D eigenvalue weighted by Crippen LogP contribution is 2.22. The minimum absolute atomic E-state index is 0.315. The number of carbonyl (C=O) groups excluding carboxylic acids is 1. The first-order valence-corrected chi connectivity index (χ1v) is 6.89. The maximum Gasteiger partial charge on any atom is 0.338 e. The molecule has 5 nitrogen and oxygen atoms in total. The monoisotopic (exact) mass is 279 g/mol. The normalized spacial score (nSPS) is 21.7. The first-order valence-electron chi connectivity index (χ1n) is 6.89. The molecule has 0 aliphatic carbocycles. The van der Waals surface area contributed by atoms with Gasteiger partial charge in [-0.1, -0.05) is 0 Å². The SMILES string of the molecule is CCOC(=O)c1ccc(OCC2(OC)CCCN2)cc1. The van der Waals surface area contributed by atoms with Crippen molar-refractivity contribution in [3.8, 4) is 5.75 Å². The van der Waals surface area contributed by atoms with E-state index in [9.17, 15) is 4.79 Å². The summed E-state index contributed by atoms with van der Waals surface area (Å²) in [6, 6.07) is 6.94. The summed E-state index contributed by atoms with van der Waals surface area (Å²) in [6.45, 7) is 3.55. The molecule has 5 heteroatoms. The van der Waals surface area contributed by atoms with Crippen molar-refractivity contribution in [2.75, 3.05) is 26.9 Å². The molecule has 0 saturated carbocycles. The molecule has 0 spiro atoms. The molecule has 0 amide bonds. The first kappa shape index (κ1) is 14.8. The Balaban J connectivity index is 1.92. The third kappa shape index (κ3) is 3.49. The number of esters is 1. The molecule has 1 N–H and O–H groups in total. The van der Waals surface area contributed by atoms with Crippen molar-refractivity contribution in [1.29, 1.82) is 0 Å². The maximum absolute atomic E-state index is 11.5. The maximum atomic E-state index is 11.5. The Kier molecular flexibility index (Phi) is 4.98. The molecule has 1 aliphatic heterocycles. The molecule has 0 bridgehead atoms. The van der Waals surface area contributed by atoms with Gasteiger partial charge in [-0.05, 0) is 50.6 Å². The number of nitrogens with one attached hydrogen (secondary N) is 1. The van der Waals surface area contributed by atoms with Crippen molar-refractivity contribution in [2.45, 2.75) is 25.5 Å². The van der Waals surface area contributed by atoms with Gasteiger partial charge in [0.2, 0.25) is 0 Å². The van der Waals surface area contributed by atoms with E-state index in [0.29, 0.717) is 24.5 Å². The Hall–Kier alpha value is -1.59. The topological polar surface area (TPSA) is 56.8 Å². The van der Waals surface area contributed by atoms with Crippen molar-refractivity contribution >= 4 is 5.97 Å². The van der Waals surface area contributed by atoms with Crippen LogP contribution in [-0.2, 0) is 9.47 Å². The van der Waals surface area contributed by atoms with Gasteiger partial charge in [-0.3, -0.25) is 5.32 Å². The molecule has 1 heterocycles. The van der Waals surface area contributed by atoms with E-state index in [0.717, 1.165) is 19.4 Å². The summed E-state index contributed by atoms with van der Waals surface area (Å²) < 4.78 is 16.2. The lowest BCUT2D eigenvalue weighted by atomic mass is 10.2. The second kappa shape index (κ2) is 6.72. The quantitative estimate of drug-likeness (QED) is 0.807. The van der Waals surface area contributed by atoms with E-state index >= 15 is 0 Å². The highest BCUT2D eigenvalue weighted by Gasteiger charge is 2.34. The largest absolute Gasteiger partial charge is 0.489 e. The fourth-order valence-electron chi connectivity index (χ4n) is 2.24. The standard InChI is InChI=1S/C15H21NO4/c1-3-19-14(17)12-5-7-13(8-6-12)20-11-15(18-2)9-4-10-16-15/h5-8,16H,3-4,9-11H2,1-2H3. The predicted molar refractivity (Wildman–Crippen MR) is 74.9 cm³/mol. The summed E-state index contributed by atoms with van der Waals surface area (Å²) in [6.07, 6.45) is 2.02. The van der Waals surface area contributed by atoms with Crippen molar-refractivity contribution < 1.29 is 19.0 Å². The van der Waals surface area contributed by atoms with Crippen molar-refractivity contribution in [1.82, 2.24) is 5.32 Å². The van der Waals surface area contributed by atoms with Crippen LogP contribution in [0, 0.1) is 0 Å². The Bertz CT molecular complexity index is 438. The number of rotatable bonds is 6. The van der Waals surface area contributed by atoms with Crippen LogP contribution in [-0.4, -0.2) is 38.6 Å². The average molecular weight is 279 g/mol. The van der Waals surface area contributed by atoms with Gasteiger partial charge in [0.05, 0.1) is 12.2 Å². The zero-order valence-corrected chi connectivity index (χ0v) is 12.0. The molecule has 2 rings (SSSR count). The number of methoxy groups -OCH3 is 1. The average Bonchev–Trinajstić information content (AvgIpc) is 2.95. The van der Waals surface area contributed by atoms with Crippen LogP contribution in [0.4, 0.5) is 0 Å². The summed E-state index contributed by atoms with van der Waals surface area (Å²) in [5.74, 6) is 0.396. The fraction of sp³-hybridized carbons (Fsp3) is 0.533. The molecular formula is C15H21NO4. The Labute approximate surface area is 119 Å². The van der Waals surface area contributed by atoms with Crippen molar-refractivity contribution in [2.24, 2.45) is 0 Å². The molecule has 110 valence electrons. The summed E-state index contributed by atoms with van der Waals surface area (Å²) in [5, 5.41) is 3.32. The van der Waals surface area contributed by atoms with Crippen LogP contribution in [0.5, 0.6) is 5.75 Å². The summed E-state index contributed by atoms with van der Waals surface area (Å²) in [5.41, 5.74) is 0.138. The lowest BCUT2D eigenvalue weighted by Gasteiger charge is -2.27. The first-order chi connectivity index (χ1) is 9.69. The molecule has 0 radical (unpaired) electrons. The number of ether oxygens (including phenoxy) is 3. The van der Waals surface area contributed by atoms with Gasteiger partial charge in [0.25, 0.3) is 0 Å². The van der Waals surface area contributed by atoms with Crippen molar-refractivity contribution in [3.05, 3.63) is 29.8 Å². The highest BCUT2D eigenvalue weighted by atomic mass is 16.5. The molecule has 1 aromatic rings. The van der Waals surface area contributed by atoms with Crippen molar-refractivity contribution in [3.63, 3.8) is 0 Å². The van der Waals surface area contributed by atoms with Crippen LogP contribution in [0.1, 0.15) is 30.1 Å². The van der Waals surface area contributed by atoms with E-state index in [4.69, 9.17) is 14.2 Å². The summed E-state index contributed by atoms with van der Waals surface area (Å²) in [7, 11) is 1.69. The zero-order chi connectivity index (χ0) is 14.4. The molecule has 1 aromatic carbocycles. The van der Waals surface area contributed by atoms with Crippen LogP contribution in [0.15, 0.2) is 24.3 Å². The molecule has 1 saturated heterocycles. The van der Waals surface area contributed by atoms with Gasteiger partial charge in [0.1, 0.15) is 12.4 Å². The Morgan fingerprint density at radius 2 is 2.10 bits per heavy atom. The lowest BCUT2D eigenvalue weighted by molar-refractivity contribution is -0.0558. The van der Waals surface area contributed by atoms with Crippen LogP contribution in [0.2, 0.25) is 0 Å². The van der Waals surface area contributed by atoms with Gasteiger partial charge < -0.3 is 14.2 Å². The Morgan fingerprint density at radius 1 is 1.35 bits per heavy atom. The summed E-state index contributed by atoms with van der Waals surface area (Å²) >= 11 is 0. The number of hydrogen-bond donors (Lipinski definition) is 1. The van der Waals surface area contributed by atoms with Crippen LogP contribution >= 0.6 is 0 Å². The fourth-order valence-corrected chi connectivity index (χ4v) is 2.24. The predicted octanol–water partition coefficient (Wildman–Crippen LogP) is 1.97. The van der Waals surface area contributed by atoms with Crippen LogP contribution in [0.3, 0.4) is 0 Å². The van der Waals surface area contributed by atoms with Gasteiger partial charge in [0.15, 0.2) is 5.72 Å². The second-order valence-electron chi connectivity index (χ2n) is 4.76. The van der Waals surface area contributed by atoms with E-state index in [1.165, 1.54) is 0 Å². The molecule has 0 aromatic heterocycles. The van der Waals surface area contributed by atoms with E-state index in [2.05, 4.69) is 5.32 Å². The molecule has 20 heavy (non-hydrogen) atoms. The number of benzene rings is 1. The molecule has 1 fully saturated rings. The van der Waals surface area contributed by atoms with Gasteiger partial charge in [-0.2, -0.15) is 0 Å². The van der Waals surface area contributed by atoms with Crippen LogP contribution < -0.4 is 10.1 Å².